The maximum atomic E-state index is 14.2. The summed E-state index contributed by atoms with van der Waals surface area (Å²) < 4.78 is 28.3. The van der Waals surface area contributed by atoms with Gasteiger partial charge in [-0.05, 0) is 43.2 Å². The van der Waals surface area contributed by atoms with Gasteiger partial charge >= 0.3 is 0 Å². The number of hydrogen-bond donors (Lipinski definition) is 1. The summed E-state index contributed by atoms with van der Waals surface area (Å²) in [6, 6.07) is 9.11. The van der Waals surface area contributed by atoms with Gasteiger partial charge in [0.15, 0.2) is 5.01 Å². The van der Waals surface area contributed by atoms with Crippen molar-refractivity contribution < 1.29 is 8.78 Å². The summed E-state index contributed by atoms with van der Waals surface area (Å²) in [5.74, 6) is -0.755. The number of nitriles is 1. The van der Waals surface area contributed by atoms with Gasteiger partial charge in [0.05, 0.1) is 17.3 Å². The van der Waals surface area contributed by atoms with E-state index in [2.05, 4.69) is 20.5 Å². The lowest BCUT2D eigenvalue weighted by atomic mass is 9.66. The summed E-state index contributed by atoms with van der Waals surface area (Å²) >= 11 is 1.20. The van der Waals surface area contributed by atoms with E-state index in [1.165, 1.54) is 35.6 Å². The second-order valence-corrected chi connectivity index (χ2v) is 7.52. The molecule has 8 heteroatoms. The Morgan fingerprint density at radius 1 is 1.19 bits per heavy atom. The van der Waals surface area contributed by atoms with Crippen LogP contribution in [0.25, 0.3) is 10.6 Å². The molecule has 0 bridgehead atoms. The lowest BCUT2D eigenvalue weighted by Crippen LogP contribution is -2.42. The van der Waals surface area contributed by atoms with Crippen molar-refractivity contribution in [3.63, 3.8) is 0 Å². The Morgan fingerprint density at radius 3 is 2.74 bits per heavy atom. The average molecular weight is 383 g/mol. The molecule has 5 nitrogen and oxygen atoms in total. The van der Waals surface area contributed by atoms with E-state index in [-0.39, 0.29) is 16.8 Å². The van der Waals surface area contributed by atoms with Crippen LogP contribution in [0.1, 0.15) is 30.5 Å². The van der Waals surface area contributed by atoms with E-state index >= 15 is 0 Å². The lowest BCUT2D eigenvalue weighted by molar-refractivity contribution is 0.243. The zero-order valence-electron chi connectivity index (χ0n) is 14.2. The molecule has 0 radical (unpaired) electrons. The van der Waals surface area contributed by atoms with Crippen LogP contribution in [0.3, 0.4) is 0 Å². The fraction of sp³-hybridized carbons (Fsp3) is 0.263. The molecule has 0 saturated heterocycles. The van der Waals surface area contributed by atoms with Gasteiger partial charge in [-0.1, -0.05) is 17.8 Å². The standard InChI is InChI=1S/C19H15F2N5S/c20-14-5-4-12(10-22)9-13(14)17-25-26-18(27-17)24-11-19(6-2-7-19)16-15(21)3-1-8-23-16/h1,3-5,8-9H,2,6-7,11H2,(H,24,26). The first-order valence-corrected chi connectivity index (χ1v) is 9.31. The molecule has 136 valence electrons. The minimum absolute atomic E-state index is 0.244. The fourth-order valence-electron chi connectivity index (χ4n) is 3.28. The Hall–Kier alpha value is -2.92. The van der Waals surface area contributed by atoms with Crippen LogP contribution < -0.4 is 5.32 Å². The van der Waals surface area contributed by atoms with E-state index < -0.39 is 5.82 Å². The Bertz CT molecular complexity index is 1020. The molecular weight excluding hydrogens is 368 g/mol. The van der Waals surface area contributed by atoms with Crippen molar-refractivity contribution in [1.29, 1.82) is 5.26 Å². The van der Waals surface area contributed by atoms with Gasteiger partial charge in [0.25, 0.3) is 0 Å². The molecule has 1 aliphatic rings. The summed E-state index contributed by atoms with van der Waals surface area (Å²) in [4.78, 5) is 4.24. The normalized spacial score (nSPS) is 15.0. The smallest absolute Gasteiger partial charge is 0.206 e. The number of halogens is 2. The predicted molar refractivity (Wildman–Crippen MR) is 98.2 cm³/mol. The Labute approximate surface area is 158 Å². The molecule has 0 spiro atoms. The first-order valence-electron chi connectivity index (χ1n) is 8.50. The summed E-state index contributed by atoms with van der Waals surface area (Å²) in [6.07, 6.45) is 4.31. The molecule has 0 atom stereocenters. The van der Waals surface area contributed by atoms with E-state index in [9.17, 15) is 8.78 Å². The molecule has 0 unspecified atom stereocenters. The monoisotopic (exact) mass is 383 g/mol. The third kappa shape index (κ3) is 3.26. The van der Waals surface area contributed by atoms with Crippen LogP contribution in [0.5, 0.6) is 0 Å². The number of nitrogens with zero attached hydrogens (tertiary/aromatic N) is 4. The number of aromatic nitrogens is 3. The number of hydrogen-bond acceptors (Lipinski definition) is 6. The van der Waals surface area contributed by atoms with E-state index in [0.29, 0.717) is 27.9 Å². The molecule has 1 N–H and O–H groups in total. The molecule has 1 fully saturated rings. The van der Waals surface area contributed by atoms with Gasteiger partial charge < -0.3 is 5.32 Å². The SMILES string of the molecule is N#Cc1ccc(F)c(-c2nnc(NCC3(c4ncccc4F)CCC3)s2)c1. The maximum absolute atomic E-state index is 14.2. The van der Waals surface area contributed by atoms with Crippen LogP contribution >= 0.6 is 11.3 Å². The van der Waals surface area contributed by atoms with Crippen molar-refractivity contribution in [2.45, 2.75) is 24.7 Å². The van der Waals surface area contributed by atoms with Crippen LogP contribution in [-0.2, 0) is 5.41 Å². The highest BCUT2D eigenvalue weighted by atomic mass is 32.1. The van der Waals surface area contributed by atoms with Crippen LogP contribution in [0.4, 0.5) is 13.9 Å². The second-order valence-electron chi connectivity index (χ2n) is 6.54. The van der Waals surface area contributed by atoms with Crippen LogP contribution in [-0.4, -0.2) is 21.7 Å². The van der Waals surface area contributed by atoms with Crippen molar-refractivity contribution >= 4 is 16.5 Å². The third-order valence-corrected chi connectivity index (χ3v) is 5.81. The average Bonchev–Trinajstić information content (AvgIpc) is 3.11. The highest BCUT2D eigenvalue weighted by Crippen LogP contribution is 2.44. The van der Waals surface area contributed by atoms with E-state index in [1.807, 2.05) is 6.07 Å². The van der Waals surface area contributed by atoms with Crippen molar-refractivity contribution in [3.05, 3.63) is 59.4 Å². The summed E-state index contributed by atoms with van der Waals surface area (Å²) in [5, 5.41) is 21.2. The molecule has 1 aliphatic carbocycles. The predicted octanol–water partition coefficient (Wildman–Crippen LogP) is 4.28. The minimum Gasteiger partial charge on any atom is -0.359 e. The number of rotatable bonds is 5. The second kappa shape index (κ2) is 7.00. The van der Waals surface area contributed by atoms with E-state index in [0.717, 1.165) is 19.3 Å². The summed E-state index contributed by atoms with van der Waals surface area (Å²) in [7, 11) is 0. The van der Waals surface area contributed by atoms with Gasteiger partial charge in [-0.15, -0.1) is 10.2 Å². The quantitative estimate of drug-likeness (QED) is 0.712. The van der Waals surface area contributed by atoms with Crippen molar-refractivity contribution in [1.82, 2.24) is 15.2 Å². The molecule has 2 aromatic heterocycles. The zero-order chi connectivity index (χ0) is 18.9. The van der Waals surface area contributed by atoms with E-state index in [1.54, 1.807) is 12.3 Å². The van der Waals surface area contributed by atoms with Gasteiger partial charge in [-0.3, -0.25) is 4.98 Å². The highest BCUT2D eigenvalue weighted by molar-refractivity contribution is 7.18. The molecule has 4 rings (SSSR count). The largest absolute Gasteiger partial charge is 0.359 e. The molecule has 27 heavy (non-hydrogen) atoms. The van der Waals surface area contributed by atoms with Crippen LogP contribution in [0.2, 0.25) is 0 Å². The van der Waals surface area contributed by atoms with E-state index in [4.69, 9.17) is 5.26 Å². The van der Waals surface area contributed by atoms with Crippen LogP contribution in [0.15, 0.2) is 36.5 Å². The molecule has 0 aliphatic heterocycles. The Kier molecular flexibility index (Phi) is 4.54. The highest BCUT2D eigenvalue weighted by Gasteiger charge is 2.42. The zero-order valence-corrected chi connectivity index (χ0v) is 15.1. The number of pyridine rings is 1. The number of nitrogens with one attached hydrogen (secondary N) is 1. The van der Waals surface area contributed by atoms with Gasteiger partial charge in [0.2, 0.25) is 5.13 Å². The van der Waals surface area contributed by atoms with Crippen molar-refractivity contribution in [2.75, 3.05) is 11.9 Å². The topological polar surface area (TPSA) is 74.5 Å². The van der Waals surface area contributed by atoms with Gasteiger partial charge in [-0.2, -0.15) is 5.26 Å². The number of anilines is 1. The first kappa shape index (κ1) is 17.5. The van der Waals surface area contributed by atoms with Crippen LogP contribution in [0, 0.1) is 23.0 Å². The van der Waals surface area contributed by atoms with Crippen molar-refractivity contribution in [3.8, 4) is 16.6 Å². The Morgan fingerprint density at radius 2 is 2.04 bits per heavy atom. The van der Waals surface area contributed by atoms with Gasteiger partial charge in [0.1, 0.15) is 11.6 Å². The molecule has 1 saturated carbocycles. The maximum Gasteiger partial charge on any atom is 0.206 e. The van der Waals surface area contributed by atoms with Gasteiger partial charge in [-0.25, -0.2) is 8.78 Å². The molecule has 2 heterocycles. The summed E-state index contributed by atoms with van der Waals surface area (Å²) in [6.45, 7) is 0.482. The Balaban J connectivity index is 1.54. The molecule has 3 aromatic rings. The minimum atomic E-state index is -0.456. The summed E-state index contributed by atoms with van der Waals surface area (Å²) in [5.41, 5.74) is 0.716. The molecule has 0 amide bonds. The third-order valence-electron chi connectivity index (χ3n) is 4.90. The fourth-order valence-corrected chi connectivity index (χ4v) is 4.04. The molecular formula is C19H15F2N5S. The van der Waals surface area contributed by atoms with Crippen molar-refractivity contribution in [2.24, 2.45) is 0 Å². The lowest BCUT2D eigenvalue weighted by Gasteiger charge is -2.41. The number of benzene rings is 1. The first-order chi connectivity index (χ1) is 13.1. The molecule has 1 aromatic carbocycles. The van der Waals surface area contributed by atoms with Gasteiger partial charge in [0, 0.05) is 23.7 Å².